The van der Waals surface area contributed by atoms with E-state index in [-0.39, 0.29) is 29.1 Å². The Kier molecular flexibility index (Phi) is 9.32. The van der Waals surface area contributed by atoms with Crippen LogP contribution < -0.4 is 15.6 Å². The van der Waals surface area contributed by atoms with Gasteiger partial charge in [-0.3, -0.25) is 10.1 Å². The number of anilines is 1. The van der Waals surface area contributed by atoms with Crippen LogP contribution in [0.4, 0.5) is 32.4 Å². The molecular weight excluding hydrogens is 597 g/mol. The summed E-state index contributed by atoms with van der Waals surface area (Å²) < 4.78 is 82.6. The molecular formula is C33H28F5N3O4. The number of benzene rings is 3. The van der Waals surface area contributed by atoms with Crippen molar-refractivity contribution in [3.8, 4) is 34.2 Å². The smallest absolute Gasteiger partial charge is 0.417 e. The molecule has 0 saturated heterocycles. The Morgan fingerprint density at radius 1 is 0.978 bits per heavy atom. The van der Waals surface area contributed by atoms with Crippen molar-refractivity contribution in [2.45, 2.75) is 46.0 Å². The predicted molar refractivity (Wildman–Crippen MR) is 158 cm³/mol. The van der Waals surface area contributed by atoms with E-state index in [0.717, 1.165) is 16.7 Å². The topological polar surface area (TPSA) is 93.4 Å². The number of ether oxygens (including phenoxy) is 2. The van der Waals surface area contributed by atoms with E-state index < -0.39 is 52.7 Å². The number of amides is 1. The van der Waals surface area contributed by atoms with Crippen LogP contribution in [0.5, 0.6) is 5.75 Å². The molecule has 0 aliphatic heterocycles. The average molecular weight is 626 g/mol. The Morgan fingerprint density at radius 2 is 1.67 bits per heavy atom. The van der Waals surface area contributed by atoms with Crippen LogP contribution in [0.25, 0.3) is 22.4 Å². The molecule has 0 atom stereocenters. The minimum atomic E-state index is -5.07. The second kappa shape index (κ2) is 12.8. The maximum atomic E-state index is 14.7. The van der Waals surface area contributed by atoms with Crippen molar-refractivity contribution in [3.63, 3.8) is 0 Å². The van der Waals surface area contributed by atoms with E-state index in [1.165, 1.54) is 24.3 Å². The molecule has 0 aliphatic carbocycles. The number of nitrogens with one attached hydrogen (secondary N) is 1. The van der Waals surface area contributed by atoms with Crippen LogP contribution in [0.2, 0.25) is 0 Å². The zero-order valence-electron chi connectivity index (χ0n) is 24.7. The molecule has 0 bridgehead atoms. The van der Waals surface area contributed by atoms with E-state index in [1.807, 2.05) is 0 Å². The zero-order valence-corrected chi connectivity index (χ0v) is 24.7. The number of aromatic nitrogens is 1. The van der Waals surface area contributed by atoms with Gasteiger partial charge in [-0.15, -0.1) is 0 Å². The molecule has 45 heavy (non-hydrogen) atoms. The highest BCUT2D eigenvalue weighted by molar-refractivity contribution is 5.90. The van der Waals surface area contributed by atoms with E-state index in [0.29, 0.717) is 29.0 Å². The van der Waals surface area contributed by atoms with Gasteiger partial charge < -0.3 is 14.0 Å². The number of hydrogen-bond acceptors (Lipinski definition) is 5. The highest BCUT2D eigenvalue weighted by Gasteiger charge is 2.37. The minimum Gasteiger partial charge on any atom is -0.492 e. The summed E-state index contributed by atoms with van der Waals surface area (Å²) in [7, 11) is 0. The first-order valence-electron chi connectivity index (χ1n) is 13.7. The lowest BCUT2D eigenvalue weighted by atomic mass is 9.94. The highest BCUT2D eigenvalue weighted by Crippen LogP contribution is 2.39. The fraction of sp³-hybridized carbons (Fsp3) is 0.242. The van der Waals surface area contributed by atoms with Crippen molar-refractivity contribution in [2.75, 3.05) is 11.9 Å². The van der Waals surface area contributed by atoms with Crippen LogP contribution in [-0.2, 0) is 17.5 Å². The van der Waals surface area contributed by atoms with Gasteiger partial charge in [0.1, 0.15) is 34.6 Å². The molecule has 0 aliphatic rings. The number of alkyl halides is 3. The van der Waals surface area contributed by atoms with Crippen LogP contribution in [0, 0.1) is 23.0 Å². The molecule has 0 spiro atoms. The third-order valence-electron chi connectivity index (χ3n) is 6.49. The van der Waals surface area contributed by atoms with Gasteiger partial charge in [0.25, 0.3) is 5.56 Å². The molecule has 4 rings (SSSR count). The molecule has 234 valence electrons. The molecule has 12 heteroatoms. The largest absolute Gasteiger partial charge is 0.492 e. The number of carbonyl (C=O) groups is 1. The molecule has 1 amide bonds. The van der Waals surface area contributed by atoms with Crippen LogP contribution in [0.1, 0.15) is 44.4 Å². The van der Waals surface area contributed by atoms with Crippen molar-refractivity contribution in [2.24, 2.45) is 0 Å². The number of carbonyl (C=O) groups excluding carboxylic acids is 1. The first kappa shape index (κ1) is 32.7. The monoisotopic (exact) mass is 625 g/mol. The first-order chi connectivity index (χ1) is 21.1. The summed E-state index contributed by atoms with van der Waals surface area (Å²) in [5.41, 5.74) is -4.14. The number of pyridine rings is 1. The third kappa shape index (κ3) is 7.49. The van der Waals surface area contributed by atoms with Gasteiger partial charge in [0.2, 0.25) is 0 Å². The van der Waals surface area contributed by atoms with Gasteiger partial charge in [0.15, 0.2) is 0 Å². The van der Waals surface area contributed by atoms with Crippen LogP contribution in [0.3, 0.4) is 0 Å². The fourth-order valence-corrected chi connectivity index (χ4v) is 4.63. The fourth-order valence-electron chi connectivity index (χ4n) is 4.63. The van der Waals surface area contributed by atoms with E-state index in [1.54, 1.807) is 52.0 Å². The van der Waals surface area contributed by atoms with Gasteiger partial charge in [0.05, 0.1) is 30.1 Å². The van der Waals surface area contributed by atoms with E-state index in [2.05, 4.69) is 5.32 Å². The maximum absolute atomic E-state index is 14.7. The van der Waals surface area contributed by atoms with Crippen molar-refractivity contribution < 1.29 is 36.2 Å². The lowest BCUT2D eigenvalue weighted by Gasteiger charge is -2.22. The van der Waals surface area contributed by atoms with Crippen LogP contribution in [-0.4, -0.2) is 22.9 Å². The normalized spacial score (nSPS) is 11.6. The average Bonchev–Trinajstić information content (AvgIpc) is 2.94. The zero-order chi connectivity index (χ0) is 33.1. The molecule has 1 heterocycles. The number of nitriles is 1. The lowest BCUT2D eigenvalue weighted by molar-refractivity contribution is -0.137. The molecule has 1 N–H and O–H groups in total. The molecule has 7 nitrogen and oxygen atoms in total. The SMILES string of the molecule is CCOc1ccc(-c2ccccc2-c2cc(C(F)(F)F)c(C#N)c(=O)n2Cc2ccc(F)cc2F)cc1NC(=O)OC(C)(C)C. The second-order valence-corrected chi connectivity index (χ2v) is 10.9. The summed E-state index contributed by atoms with van der Waals surface area (Å²) in [5.74, 6) is -1.61. The van der Waals surface area contributed by atoms with Gasteiger partial charge in [0, 0.05) is 17.2 Å². The molecule has 0 radical (unpaired) electrons. The summed E-state index contributed by atoms with van der Waals surface area (Å²) in [6, 6.07) is 15.5. The Balaban J connectivity index is 1.97. The molecule has 0 unspecified atom stereocenters. The van der Waals surface area contributed by atoms with Crippen molar-refractivity contribution in [3.05, 3.63) is 105 Å². The highest BCUT2D eigenvalue weighted by atomic mass is 19.4. The van der Waals surface area contributed by atoms with E-state index in [9.17, 15) is 36.8 Å². The van der Waals surface area contributed by atoms with Gasteiger partial charge in [-0.1, -0.05) is 36.4 Å². The molecule has 0 saturated carbocycles. The Morgan fingerprint density at radius 3 is 2.27 bits per heavy atom. The summed E-state index contributed by atoms with van der Waals surface area (Å²) in [6.07, 6.45) is -5.84. The van der Waals surface area contributed by atoms with Crippen molar-refractivity contribution >= 4 is 11.8 Å². The predicted octanol–water partition coefficient (Wildman–Crippen LogP) is 8.14. The number of halogens is 5. The summed E-state index contributed by atoms with van der Waals surface area (Å²) >= 11 is 0. The number of rotatable bonds is 7. The minimum absolute atomic E-state index is 0.125. The first-order valence-corrected chi connectivity index (χ1v) is 13.7. The summed E-state index contributed by atoms with van der Waals surface area (Å²) in [5, 5.41) is 12.2. The Hall–Kier alpha value is -5.18. The third-order valence-corrected chi connectivity index (χ3v) is 6.49. The quantitative estimate of drug-likeness (QED) is 0.209. The van der Waals surface area contributed by atoms with E-state index >= 15 is 0 Å². The van der Waals surface area contributed by atoms with Gasteiger partial charge in [-0.25, -0.2) is 13.6 Å². The van der Waals surface area contributed by atoms with E-state index in [4.69, 9.17) is 9.47 Å². The molecule has 1 aromatic heterocycles. The molecule has 0 fully saturated rings. The number of nitrogens with zero attached hydrogens (tertiary/aromatic N) is 2. The molecule has 3 aromatic carbocycles. The van der Waals surface area contributed by atoms with Gasteiger partial charge in [-0.2, -0.15) is 18.4 Å². The van der Waals surface area contributed by atoms with Crippen LogP contribution in [0.15, 0.2) is 71.5 Å². The van der Waals surface area contributed by atoms with Crippen molar-refractivity contribution in [1.29, 1.82) is 5.26 Å². The summed E-state index contributed by atoms with van der Waals surface area (Å²) in [4.78, 5) is 26.1. The Labute approximate surface area is 255 Å². The van der Waals surface area contributed by atoms with Crippen LogP contribution >= 0.6 is 0 Å². The summed E-state index contributed by atoms with van der Waals surface area (Å²) in [6.45, 7) is 6.46. The van der Waals surface area contributed by atoms with Gasteiger partial charge in [-0.05, 0) is 63.1 Å². The van der Waals surface area contributed by atoms with Gasteiger partial charge >= 0.3 is 12.3 Å². The lowest BCUT2D eigenvalue weighted by Crippen LogP contribution is -2.29. The van der Waals surface area contributed by atoms with Crippen molar-refractivity contribution in [1.82, 2.24) is 4.57 Å². The second-order valence-electron chi connectivity index (χ2n) is 10.9. The molecule has 4 aromatic rings. The standard InChI is InChI=1S/C33H28F5N3O4/c1-5-44-29-13-11-19(14-27(29)40-31(43)45-32(2,3)4)22-8-6-7-9-23(22)28-16-25(33(36,37)38)24(17-39)30(42)41(28)18-20-10-12-21(34)15-26(20)35/h6-16H,5,18H2,1-4H3,(H,40,43). The maximum Gasteiger partial charge on any atom is 0.417 e. The number of hydrogen-bond donors (Lipinski definition) is 1. The Bertz CT molecular complexity index is 1850.